The number of nitrogens with zero attached hydrogens (tertiary/aromatic N) is 3. The molecule has 0 aliphatic carbocycles. The lowest BCUT2D eigenvalue weighted by Gasteiger charge is -2.12. The monoisotopic (exact) mass is 268 g/mol. The average molecular weight is 268 g/mol. The Labute approximate surface area is 110 Å². The van der Waals surface area contributed by atoms with E-state index in [2.05, 4.69) is 15.3 Å². The maximum absolute atomic E-state index is 11.2. The first-order valence-electron chi connectivity index (χ1n) is 6.20. The summed E-state index contributed by atoms with van der Waals surface area (Å²) in [7, 11) is 0. The van der Waals surface area contributed by atoms with Crippen molar-refractivity contribution in [2.75, 3.05) is 25.1 Å². The van der Waals surface area contributed by atoms with Crippen molar-refractivity contribution in [2.45, 2.75) is 25.9 Å². The van der Waals surface area contributed by atoms with Crippen LogP contribution in [0.5, 0.6) is 5.88 Å². The quantitative estimate of drug-likeness (QED) is 0.614. The Kier molecular flexibility index (Phi) is 4.45. The highest BCUT2D eigenvalue weighted by Gasteiger charge is 2.27. The Morgan fingerprint density at radius 2 is 2.47 bits per heavy atom. The molecule has 0 spiro atoms. The second-order valence-corrected chi connectivity index (χ2v) is 4.16. The Balaban J connectivity index is 2.22. The second-order valence-electron chi connectivity index (χ2n) is 4.16. The Hall–Kier alpha value is -1.96. The first kappa shape index (κ1) is 13.5. The minimum Gasteiger partial charge on any atom is -0.467 e. The molecule has 0 saturated carbocycles. The summed E-state index contributed by atoms with van der Waals surface area (Å²) < 4.78 is 10.7. The molecule has 1 N–H and O–H groups in total. The minimum absolute atomic E-state index is 0.00546. The molecule has 1 atom stereocenters. The minimum atomic E-state index is -0.525. The summed E-state index contributed by atoms with van der Waals surface area (Å²) in [6.07, 6.45) is 2.62. The van der Waals surface area contributed by atoms with E-state index in [-0.39, 0.29) is 23.5 Å². The number of nitro groups is 1. The van der Waals surface area contributed by atoms with Crippen LogP contribution in [0.1, 0.15) is 19.8 Å². The zero-order chi connectivity index (χ0) is 13.7. The van der Waals surface area contributed by atoms with Gasteiger partial charge in [0.15, 0.2) is 0 Å². The van der Waals surface area contributed by atoms with E-state index in [0.717, 1.165) is 6.42 Å². The van der Waals surface area contributed by atoms with Crippen LogP contribution >= 0.6 is 0 Å². The van der Waals surface area contributed by atoms with Crippen molar-refractivity contribution in [3.05, 3.63) is 16.4 Å². The van der Waals surface area contributed by atoms with Gasteiger partial charge in [0.2, 0.25) is 5.82 Å². The summed E-state index contributed by atoms with van der Waals surface area (Å²) in [6, 6.07) is 0. The Morgan fingerprint density at radius 3 is 3.11 bits per heavy atom. The van der Waals surface area contributed by atoms with Crippen LogP contribution in [-0.2, 0) is 4.74 Å². The molecule has 104 valence electrons. The van der Waals surface area contributed by atoms with Gasteiger partial charge in [-0.05, 0) is 6.42 Å². The van der Waals surface area contributed by atoms with E-state index in [9.17, 15) is 10.1 Å². The smallest absolute Gasteiger partial charge is 0.372 e. The third-order valence-electron chi connectivity index (χ3n) is 2.68. The fourth-order valence-corrected chi connectivity index (χ4v) is 1.75. The first-order valence-corrected chi connectivity index (χ1v) is 6.20. The summed E-state index contributed by atoms with van der Waals surface area (Å²) in [6.45, 7) is 3.60. The van der Waals surface area contributed by atoms with E-state index >= 15 is 0 Å². The van der Waals surface area contributed by atoms with Gasteiger partial charge in [0.25, 0.3) is 5.88 Å². The number of aromatic nitrogens is 2. The van der Waals surface area contributed by atoms with E-state index in [4.69, 9.17) is 9.47 Å². The topological polar surface area (TPSA) is 99.4 Å². The van der Waals surface area contributed by atoms with Gasteiger partial charge in [0, 0.05) is 13.0 Å². The normalized spacial score (nSPS) is 18.3. The standard InChI is InChI=1S/C11H16N4O4/c1-2-4-12-10-9(15(16)17)11(14-7-13-10)19-8-3-5-18-6-8/h7-8H,2-6H2,1H3,(H,12,13,14). The van der Waals surface area contributed by atoms with Gasteiger partial charge in [-0.3, -0.25) is 10.1 Å². The maximum atomic E-state index is 11.2. The van der Waals surface area contributed by atoms with Gasteiger partial charge < -0.3 is 14.8 Å². The highest BCUT2D eigenvalue weighted by Crippen LogP contribution is 2.32. The van der Waals surface area contributed by atoms with Crippen molar-refractivity contribution in [3.8, 4) is 5.88 Å². The third kappa shape index (κ3) is 3.28. The van der Waals surface area contributed by atoms with E-state index in [1.54, 1.807) is 0 Å². The van der Waals surface area contributed by atoms with Crippen molar-refractivity contribution in [1.82, 2.24) is 9.97 Å². The van der Waals surface area contributed by atoms with Gasteiger partial charge in [-0.1, -0.05) is 6.92 Å². The number of hydrogen-bond acceptors (Lipinski definition) is 7. The lowest BCUT2D eigenvalue weighted by Crippen LogP contribution is -2.18. The molecule has 0 bridgehead atoms. The molecule has 1 unspecified atom stereocenters. The fraction of sp³-hybridized carbons (Fsp3) is 0.636. The fourth-order valence-electron chi connectivity index (χ4n) is 1.75. The Bertz CT molecular complexity index is 448. The van der Waals surface area contributed by atoms with Crippen LogP contribution < -0.4 is 10.1 Å². The molecule has 0 amide bonds. The van der Waals surface area contributed by atoms with Gasteiger partial charge >= 0.3 is 5.69 Å². The first-order chi connectivity index (χ1) is 9.22. The van der Waals surface area contributed by atoms with Gasteiger partial charge in [0.1, 0.15) is 12.4 Å². The molecule has 19 heavy (non-hydrogen) atoms. The zero-order valence-corrected chi connectivity index (χ0v) is 10.7. The molecule has 1 aliphatic rings. The molecule has 1 aliphatic heterocycles. The molecule has 0 aromatic carbocycles. The van der Waals surface area contributed by atoms with Crippen LogP contribution in [0.15, 0.2) is 6.33 Å². The predicted octanol–water partition coefficient (Wildman–Crippen LogP) is 1.37. The zero-order valence-electron chi connectivity index (χ0n) is 10.7. The number of rotatable bonds is 6. The van der Waals surface area contributed by atoms with Crippen molar-refractivity contribution < 1.29 is 14.4 Å². The Morgan fingerprint density at radius 1 is 1.63 bits per heavy atom. The number of anilines is 1. The molecule has 2 rings (SSSR count). The second kappa shape index (κ2) is 6.28. The van der Waals surface area contributed by atoms with Crippen LogP contribution in [0.25, 0.3) is 0 Å². The third-order valence-corrected chi connectivity index (χ3v) is 2.68. The van der Waals surface area contributed by atoms with E-state index < -0.39 is 4.92 Å². The molecule has 2 heterocycles. The van der Waals surface area contributed by atoms with Crippen molar-refractivity contribution >= 4 is 11.5 Å². The lowest BCUT2D eigenvalue weighted by molar-refractivity contribution is -0.385. The highest BCUT2D eigenvalue weighted by molar-refractivity contribution is 5.61. The van der Waals surface area contributed by atoms with Gasteiger partial charge in [0.05, 0.1) is 18.1 Å². The molecule has 0 radical (unpaired) electrons. The van der Waals surface area contributed by atoms with Gasteiger partial charge in [-0.25, -0.2) is 4.98 Å². The molecule has 1 fully saturated rings. The van der Waals surface area contributed by atoms with Crippen LogP contribution in [0.3, 0.4) is 0 Å². The van der Waals surface area contributed by atoms with Crippen LogP contribution in [0, 0.1) is 10.1 Å². The summed E-state index contributed by atoms with van der Waals surface area (Å²) in [5, 5.41) is 14.1. The van der Waals surface area contributed by atoms with E-state index in [1.165, 1.54) is 6.33 Å². The maximum Gasteiger partial charge on any atom is 0.372 e. The van der Waals surface area contributed by atoms with E-state index in [0.29, 0.717) is 26.2 Å². The SMILES string of the molecule is CCCNc1ncnc(OC2CCOC2)c1[N+](=O)[O-]. The molecule has 8 nitrogen and oxygen atoms in total. The van der Waals surface area contributed by atoms with Gasteiger partial charge in [-0.2, -0.15) is 4.98 Å². The lowest BCUT2D eigenvalue weighted by atomic mass is 10.3. The summed E-state index contributed by atoms with van der Waals surface area (Å²) in [4.78, 5) is 18.4. The van der Waals surface area contributed by atoms with Crippen molar-refractivity contribution in [2.24, 2.45) is 0 Å². The molecule has 1 aromatic heterocycles. The highest BCUT2D eigenvalue weighted by atomic mass is 16.6. The van der Waals surface area contributed by atoms with Crippen molar-refractivity contribution in [1.29, 1.82) is 0 Å². The molecular weight excluding hydrogens is 252 g/mol. The van der Waals surface area contributed by atoms with Crippen LogP contribution in [-0.4, -0.2) is 40.8 Å². The molecule has 8 heteroatoms. The number of nitrogens with one attached hydrogen (secondary N) is 1. The number of hydrogen-bond donors (Lipinski definition) is 1. The van der Waals surface area contributed by atoms with Gasteiger partial charge in [-0.15, -0.1) is 0 Å². The van der Waals surface area contributed by atoms with Crippen LogP contribution in [0.2, 0.25) is 0 Å². The average Bonchev–Trinajstić information content (AvgIpc) is 2.89. The molecule has 1 aromatic rings. The molecule has 1 saturated heterocycles. The molecular formula is C11H16N4O4. The van der Waals surface area contributed by atoms with Crippen LogP contribution in [0.4, 0.5) is 11.5 Å². The summed E-state index contributed by atoms with van der Waals surface area (Å²) in [5.74, 6) is 0.185. The summed E-state index contributed by atoms with van der Waals surface area (Å²) in [5.41, 5.74) is -0.220. The predicted molar refractivity (Wildman–Crippen MR) is 67.3 cm³/mol. The van der Waals surface area contributed by atoms with Crippen molar-refractivity contribution in [3.63, 3.8) is 0 Å². The largest absolute Gasteiger partial charge is 0.467 e. The van der Waals surface area contributed by atoms with E-state index in [1.807, 2.05) is 6.92 Å². The summed E-state index contributed by atoms with van der Waals surface area (Å²) >= 11 is 0. The number of ether oxygens (including phenoxy) is 2.